The minimum Gasteiger partial charge on any atom is -0.462 e. The Bertz CT molecular complexity index is 124. The zero-order valence-corrected chi connectivity index (χ0v) is 7.42. The van der Waals surface area contributed by atoms with Crippen LogP contribution in [-0.2, 0) is 9.53 Å². The number of carbonyl (C=O) groups excluding carboxylic acids is 1. The topological polar surface area (TPSA) is 26.3 Å². The maximum atomic E-state index is 10.6. The summed E-state index contributed by atoms with van der Waals surface area (Å²) in [5.74, 6) is -0.0459. The lowest BCUT2D eigenvalue weighted by molar-refractivity contribution is -0.151. The average molecular weight is 240 g/mol. The van der Waals surface area contributed by atoms with Gasteiger partial charge in [0.05, 0.1) is 0 Å². The molecular weight excluding hydrogens is 231 g/mol. The highest BCUT2D eigenvalue weighted by Crippen LogP contribution is 2.21. The van der Waals surface area contributed by atoms with E-state index in [1.807, 2.05) is 6.92 Å². The Balaban J connectivity index is 2.44. The van der Waals surface area contributed by atoms with E-state index in [1.165, 1.54) is 0 Å². The molecule has 0 bridgehead atoms. The first-order valence-corrected chi connectivity index (χ1v) is 4.28. The molecule has 0 spiro atoms. The Morgan fingerprint density at radius 3 is 2.89 bits per heavy atom. The van der Waals surface area contributed by atoms with Gasteiger partial charge in [0.1, 0.15) is 6.10 Å². The maximum Gasteiger partial charge on any atom is 0.306 e. The third-order valence-electron chi connectivity index (χ3n) is 1.45. The summed E-state index contributed by atoms with van der Waals surface area (Å²) in [4.78, 5) is 10.6. The van der Waals surface area contributed by atoms with Gasteiger partial charge in [-0.2, -0.15) is 0 Å². The number of cyclic esters (lactones) is 1. The number of carbonyl (C=O) groups is 1. The first-order chi connectivity index (χ1) is 4.20. The molecule has 0 saturated carbocycles. The first kappa shape index (κ1) is 7.31. The fourth-order valence-electron chi connectivity index (χ4n) is 0.831. The van der Waals surface area contributed by atoms with Crippen LogP contribution in [0.4, 0.5) is 0 Å². The fraction of sp³-hybridized carbons (Fsp3) is 0.833. The molecule has 0 N–H and O–H groups in total. The fourth-order valence-corrected chi connectivity index (χ4v) is 1.29. The summed E-state index contributed by atoms with van der Waals surface area (Å²) in [7, 11) is 0. The van der Waals surface area contributed by atoms with Crippen LogP contribution in [0.15, 0.2) is 0 Å². The first-order valence-electron chi connectivity index (χ1n) is 3.03. The highest BCUT2D eigenvalue weighted by molar-refractivity contribution is 14.1. The lowest BCUT2D eigenvalue weighted by Crippen LogP contribution is -2.29. The Morgan fingerprint density at radius 2 is 2.44 bits per heavy atom. The van der Waals surface area contributed by atoms with Crippen molar-refractivity contribution in [1.29, 1.82) is 0 Å². The van der Waals surface area contributed by atoms with E-state index in [0.29, 0.717) is 10.3 Å². The third kappa shape index (κ3) is 1.81. The van der Waals surface area contributed by atoms with Crippen molar-refractivity contribution in [1.82, 2.24) is 0 Å². The number of hydrogen-bond acceptors (Lipinski definition) is 2. The van der Waals surface area contributed by atoms with Gasteiger partial charge in [0.2, 0.25) is 0 Å². The lowest BCUT2D eigenvalue weighted by Gasteiger charge is -2.23. The van der Waals surface area contributed by atoms with Gasteiger partial charge in [0, 0.05) is 10.3 Å². The normalized spacial score (nSPS) is 36.0. The van der Waals surface area contributed by atoms with Crippen molar-refractivity contribution in [2.24, 2.45) is 0 Å². The summed E-state index contributed by atoms with van der Waals surface area (Å²) in [5.41, 5.74) is 0. The standard InChI is InChI=1S/C6H9IO2/c1-4-5(7)2-3-6(8)9-4/h4-5H,2-3H2,1H3. The maximum absolute atomic E-state index is 10.6. The molecule has 0 aromatic heterocycles. The van der Waals surface area contributed by atoms with Crippen LogP contribution < -0.4 is 0 Å². The molecule has 0 aromatic carbocycles. The average Bonchev–Trinajstić information content (AvgIpc) is 1.80. The predicted molar refractivity (Wildman–Crippen MR) is 42.6 cm³/mol. The van der Waals surface area contributed by atoms with E-state index in [1.54, 1.807) is 0 Å². The van der Waals surface area contributed by atoms with Crippen molar-refractivity contribution in [3.63, 3.8) is 0 Å². The second kappa shape index (κ2) is 2.86. The van der Waals surface area contributed by atoms with Crippen LogP contribution in [0.25, 0.3) is 0 Å². The summed E-state index contributed by atoms with van der Waals surface area (Å²) in [5, 5.41) is 0. The zero-order valence-electron chi connectivity index (χ0n) is 5.26. The van der Waals surface area contributed by atoms with E-state index in [4.69, 9.17) is 4.74 Å². The molecule has 52 valence electrons. The molecule has 1 heterocycles. The van der Waals surface area contributed by atoms with Crippen LogP contribution in [0.1, 0.15) is 19.8 Å². The van der Waals surface area contributed by atoms with E-state index in [-0.39, 0.29) is 12.1 Å². The van der Waals surface area contributed by atoms with E-state index >= 15 is 0 Å². The zero-order chi connectivity index (χ0) is 6.85. The van der Waals surface area contributed by atoms with Crippen molar-refractivity contribution >= 4 is 28.6 Å². The molecule has 0 amide bonds. The second-order valence-corrected chi connectivity index (χ2v) is 3.85. The number of rotatable bonds is 0. The molecule has 9 heavy (non-hydrogen) atoms. The molecule has 1 rings (SSSR count). The van der Waals surface area contributed by atoms with Gasteiger partial charge >= 0.3 is 5.97 Å². The van der Waals surface area contributed by atoms with Gasteiger partial charge in [-0.25, -0.2) is 0 Å². The molecule has 2 nitrogen and oxygen atoms in total. The molecule has 3 heteroatoms. The Hall–Kier alpha value is 0.200. The summed E-state index contributed by atoms with van der Waals surface area (Å²) < 4.78 is 5.47. The smallest absolute Gasteiger partial charge is 0.306 e. The number of esters is 1. The van der Waals surface area contributed by atoms with E-state index in [9.17, 15) is 4.79 Å². The monoisotopic (exact) mass is 240 g/mol. The molecule has 1 saturated heterocycles. The number of halogens is 1. The van der Waals surface area contributed by atoms with Crippen molar-refractivity contribution in [2.45, 2.75) is 29.8 Å². The van der Waals surface area contributed by atoms with Gasteiger partial charge in [-0.15, -0.1) is 0 Å². The molecule has 0 aliphatic carbocycles. The van der Waals surface area contributed by atoms with E-state index in [0.717, 1.165) is 6.42 Å². The van der Waals surface area contributed by atoms with Gasteiger partial charge in [0.15, 0.2) is 0 Å². The molecule has 2 atom stereocenters. The van der Waals surface area contributed by atoms with E-state index in [2.05, 4.69) is 22.6 Å². The molecule has 1 fully saturated rings. The summed E-state index contributed by atoms with van der Waals surface area (Å²) >= 11 is 2.32. The molecule has 2 unspecified atom stereocenters. The molecule has 0 radical (unpaired) electrons. The van der Waals surface area contributed by atoms with E-state index < -0.39 is 0 Å². The number of alkyl halides is 1. The summed E-state index contributed by atoms with van der Waals surface area (Å²) in [6.07, 6.45) is 1.69. The Kier molecular flexibility index (Phi) is 2.32. The van der Waals surface area contributed by atoms with Crippen LogP contribution in [0, 0.1) is 0 Å². The summed E-state index contributed by atoms with van der Waals surface area (Å²) in [6.45, 7) is 1.94. The highest BCUT2D eigenvalue weighted by atomic mass is 127. The van der Waals surface area contributed by atoms with Crippen LogP contribution in [0.2, 0.25) is 0 Å². The molecular formula is C6H9IO2. The van der Waals surface area contributed by atoms with Gasteiger partial charge in [-0.05, 0) is 13.3 Å². The Labute approximate surface area is 68.1 Å². The summed E-state index contributed by atoms with van der Waals surface area (Å²) in [6, 6.07) is 0. The van der Waals surface area contributed by atoms with Gasteiger partial charge < -0.3 is 4.74 Å². The Morgan fingerprint density at radius 1 is 1.78 bits per heavy atom. The van der Waals surface area contributed by atoms with Gasteiger partial charge in [-0.1, -0.05) is 22.6 Å². The minimum atomic E-state index is -0.0459. The van der Waals surface area contributed by atoms with Gasteiger partial charge in [0.25, 0.3) is 0 Å². The SMILES string of the molecule is CC1OC(=O)CCC1I. The highest BCUT2D eigenvalue weighted by Gasteiger charge is 2.24. The largest absolute Gasteiger partial charge is 0.462 e. The van der Waals surface area contributed by atoms with Crippen molar-refractivity contribution in [2.75, 3.05) is 0 Å². The van der Waals surface area contributed by atoms with Crippen LogP contribution in [-0.4, -0.2) is 16.0 Å². The third-order valence-corrected chi connectivity index (χ3v) is 3.09. The van der Waals surface area contributed by atoms with Gasteiger partial charge in [-0.3, -0.25) is 4.79 Å². The molecule has 0 aromatic rings. The quantitative estimate of drug-likeness (QED) is 0.364. The molecule has 1 aliphatic heterocycles. The molecule has 1 aliphatic rings. The van der Waals surface area contributed by atoms with Crippen LogP contribution >= 0.6 is 22.6 Å². The van der Waals surface area contributed by atoms with Crippen molar-refractivity contribution < 1.29 is 9.53 Å². The number of ether oxygens (including phenoxy) is 1. The van der Waals surface area contributed by atoms with Crippen molar-refractivity contribution in [3.8, 4) is 0 Å². The van der Waals surface area contributed by atoms with Crippen LogP contribution in [0.3, 0.4) is 0 Å². The number of hydrogen-bond donors (Lipinski definition) is 0. The lowest BCUT2D eigenvalue weighted by atomic mass is 10.1. The minimum absolute atomic E-state index is 0.0459. The van der Waals surface area contributed by atoms with Crippen molar-refractivity contribution in [3.05, 3.63) is 0 Å². The second-order valence-electron chi connectivity index (χ2n) is 2.25. The predicted octanol–water partition coefficient (Wildman–Crippen LogP) is 1.52. The van der Waals surface area contributed by atoms with Crippen LogP contribution in [0.5, 0.6) is 0 Å².